The van der Waals surface area contributed by atoms with Gasteiger partial charge in [-0.1, -0.05) is 24.3 Å². The SMILES string of the molecule is CN1CCN(c2ccc(C(=O)/C=C/c3cccc(/C=C/C(=O)NO)c3)cc2)CC1.Cl. The summed E-state index contributed by atoms with van der Waals surface area (Å²) in [7, 11) is 2.13. The smallest absolute Gasteiger partial charge is 0.267 e. The average Bonchev–Trinajstić information content (AvgIpc) is 2.76. The Bertz CT molecular complexity index is 918. The lowest BCUT2D eigenvalue weighted by Crippen LogP contribution is -2.44. The van der Waals surface area contributed by atoms with Crippen molar-refractivity contribution in [2.75, 3.05) is 38.1 Å². The van der Waals surface area contributed by atoms with Gasteiger partial charge in [0.1, 0.15) is 0 Å². The normalized spacial score (nSPS) is 14.7. The Morgan fingerprint density at radius 1 is 0.933 bits per heavy atom. The lowest BCUT2D eigenvalue weighted by molar-refractivity contribution is -0.124. The van der Waals surface area contributed by atoms with Crippen molar-refractivity contribution < 1.29 is 14.8 Å². The van der Waals surface area contributed by atoms with Gasteiger partial charge in [0.15, 0.2) is 5.78 Å². The average molecular weight is 428 g/mol. The summed E-state index contributed by atoms with van der Waals surface area (Å²) < 4.78 is 0. The fraction of sp³-hybridized carbons (Fsp3) is 0.217. The second kappa shape index (κ2) is 11.3. The molecule has 158 valence electrons. The van der Waals surface area contributed by atoms with Gasteiger partial charge in [0.25, 0.3) is 5.91 Å². The molecule has 1 saturated heterocycles. The molecule has 30 heavy (non-hydrogen) atoms. The van der Waals surface area contributed by atoms with Gasteiger partial charge < -0.3 is 9.80 Å². The Kier molecular flexibility index (Phi) is 8.80. The molecule has 2 N–H and O–H groups in total. The van der Waals surface area contributed by atoms with Gasteiger partial charge in [-0.2, -0.15) is 0 Å². The van der Waals surface area contributed by atoms with Crippen molar-refractivity contribution in [2.24, 2.45) is 0 Å². The molecule has 1 aliphatic heterocycles. The van der Waals surface area contributed by atoms with Crippen molar-refractivity contribution in [1.29, 1.82) is 0 Å². The Hall–Kier alpha value is -2.93. The summed E-state index contributed by atoms with van der Waals surface area (Å²) in [5.41, 5.74) is 4.97. The molecule has 0 spiro atoms. The quantitative estimate of drug-likeness (QED) is 0.320. The van der Waals surface area contributed by atoms with E-state index in [9.17, 15) is 9.59 Å². The van der Waals surface area contributed by atoms with Crippen molar-refractivity contribution in [2.45, 2.75) is 0 Å². The van der Waals surface area contributed by atoms with Gasteiger partial charge in [0.05, 0.1) is 0 Å². The number of nitrogens with zero attached hydrogens (tertiary/aromatic N) is 2. The highest BCUT2D eigenvalue weighted by molar-refractivity contribution is 6.07. The molecular formula is C23H26ClN3O3. The van der Waals surface area contributed by atoms with Gasteiger partial charge in [-0.05, 0) is 60.7 Å². The van der Waals surface area contributed by atoms with Crippen LogP contribution in [0.1, 0.15) is 21.5 Å². The summed E-state index contributed by atoms with van der Waals surface area (Å²) in [6.07, 6.45) is 6.12. The number of halogens is 1. The van der Waals surface area contributed by atoms with E-state index >= 15 is 0 Å². The van der Waals surface area contributed by atoms with Crippen LogP contribution in [0.15, 0.2) is 60.7 Å². The maximum absolute atomic E-state index is 12.5. The first-order chi connectivity index (χ1) is 14.0. The van der Waals surface area contributed by atoms with E-state index in [0.717, 1.165) is 43.0 Å². The van der Waals surface area contributed by atoms with Crippen molar-refractivity contribution in [3.8, 4) is 0 Å². The third-order valence-corrected chi connectivity index (χ3v) is 4.90. The first kappa shape index (κ1) is 23.3. The van der Waals surface area contributed by atoms with E-state index < -0.39 is 5.91 Å². The van der Waals surface area contributed by atoms with E-state index in [1.165, 1.54) is 6.08 Å². The number of hydrogen-bond acceptors (Lipinski definition) is 5. The molecule has 0 aromatic heterocycles. The molecule has 0 radical (unpaired) electrons. The zero-order chi connectivity index (χ0) is 20.6. The maximum Gasteiger partial charge on any atom is 0.267 e. The van der Waals surface area contributed by atoms with E-state index in [0.29, 0.717) is 5.56 Å². The number of anilines is 1. The highest BCUT2D eigenvalue weighted by atomic mass is 35.5. The van der Waals surface area contributed by atoms with E-state index in [1.807, 2.05) is 48.5 Å². The molecule has 0 aliphatic carbocycles. The van der Waals surface area contributed by atoms with E-state index in [4.69, 9.17) is 5.21 Å². The fourth-order valence-electron chi connectivity index (χ4n) is 3.14. The van der Waals surface area contributed by atoms with Crippen LogP contribution in [0.5, 0.6) is 0 Å². The second-order valence-electron chi connectivity index (χ2n) is 7.01. The van der Waals surface area contributed by atoms with Gasteiger partial charge in [0, 0.05) is 43.5 Å². The molecule has 1 heterocycles. The number of likely N-dealkylation sites (N-methyl/N-ethyl adjacent to an activating group) is 1. The molecule has 1 aliphatic rings. The number of ketones is 1. The van der Waals surface area contributed by atoms with Crippen LogP contribution in [-0.2, 0) is 4.79 Å². The van der Waals surface area contributed by atoms with Gasteiger partial charge in [-0.25, -0.2) is 5.48 Å². The molecule has 7 heteroatoms. The van der Waals surface area contributed by atoms with E-state index in [-0.39, 0.29) is 18.2 Å². The number of piperazine rings is 1. The molecular weight excluding hydrogens is 402 g/mol. The van der Waals surface area contributed by atoms with Crippen molar-refractivity contribution >= 4 is 41.9 Å². The van der Waals surface area contributed by atoms with Crippen molar-refractivity contribution in [1.82, 2.24) is 10.4 Å². The zero-order valence-electron chi connectivity index (χ0n) is 16.8. The third kappa shape index (κ3) is 6.56. The molecule has 6 nitrogen and oxygen atoms in total. The molecule has 1 amide bonds. The Labute approximate surface area is 182 Å². The lowest BCUT2D eigenvalue weighted by Gasteiger charge is -2.34. The highest BCUT2D eigenvalue weighted by Crippen LogP contribution is 2.18. The van der Waals surface area contributed by atoms with Gasteiger partial charge in [-0.15, -0.1) is 12.4 Å². The minimum Gasteiger partial charge on any atom is -0.369 e. The Morgan fingerprint density at radius 3 is 2.13 bits per heavy atom. The standard InChI is InChI=1S/C23H25N3O3.ClH/c1-25-13-15-26(16-14-25)21-9-7-20(8-10-21)22(27)11-5-18-3-2-4-19(17-18)6-12-23(28)24-29;/h2-12,17,29H,13-16H2,1H3,(H,24,28);1H/b11-5+,12-6+;. The maximum atomic E-state index is 12.5. The summed E-state index contributed by atoms with van der Waals surface area (Å²) in [6, 6.07) is 15.1. The number of carbonyl (C=O) groups excluding carboxylic acids is 2. The molecule has 2 aromatic rings. The lowest BCUT2D eigenvalue weighted by atomic mass is 10.1. The third-order valence-electron chi connectivity index (χ3n) is 4.90. The first-order valence-electron chi connectivity index (χ1n) is 9.53. The molecule has 0 atom stereocenters. The van der Waals surface area contributed by atoms with Crippen LogP contribution in [-0.4, -0.2) is 55.0 Å². The predicted octanol–water partition coefficient (Wildman–Crippen LogP) is 3.27. The highest BCUT2D eigenvalue weighted by Gasteiger charge is 2.14. The Balaban J connectivity index is 0.00000320. The number of benzene rings is 2. The number of amides is 1. The zero-order valence-corrected chi connectivity index (χ0v) is 17.6. The largest absolute Gasteiger partial charge is 0.369 e. The molecule has 0 bridgehead atoms. The number of rotatable bonds is 6. The van der Waals surface area contributed by atoms with Crippen LogP contribution in [0.4, 0.5) is 5.69 Å². The Morgan fingerprint density at radius 2 is 1.53 bits per heavy atom. The van der Waals surface area contributed by atoms with Crippen LogP contribution in [0, 0.1) is 0 Å². The number of carbonyl (C=O) groups is 2. The molecule has 1 fully saturated rings. The summed E-state index contributed by atoms with van der Waals surface area (Å²) in [4.78, 5) is 28.2. The van der Waals surface area contributed by atoms with E-state index in [2.05, 4.69) is 16.8 Å². The van der Waals surface area contributed by atoms with Crippen LogP contribution in [0.2, 0.25) is 0 Å². The molecule has 0 saturated carbocycles. The van der Waals surface area contributed by atoms with Gasteiger partial charge in [0.2, 0.25) is 0 Å². The number of hydroxylamine groups is 1. The summed E-state index contributed by atoms with van der Waals surface area (Å²) in [6.45, 7) is 4.08. The summed E-state index contributed by atoms with van der Waals surface area (Å²) in [5, 5.41) is 8.52. The predicted molar refractivity (Wildman–Crippen MR) is 122 cm³/mol. The van der Waals surface area contributed by atoms with Crippen LogP contribution in [0.25, 0.3) is 12.2 Å². The first-order valence-corrected chi connectivity index (χ1v) is 9.53. The van der Waals surface area contributed by atoms with Crippen LogP contribution >= 0.6 is 12.4 Å². The van der Waals surface area contributed by atoms with Gasteiger partial charge in [-0.3, -0.25) is 14.8 Å². The van der Waals surface area contributed by atoms with Crippen LogP contribution in [0.3, 0.4) is 0 Å². The summed E-state index contributed by atoms with van der Waals surface area (Å²) in [5.74, 6) is -0.656. The van der Waals surface area contributed by atoms with Crippen molar-refractivity contribution in [3.05, 3.63) is 77.4 Å². The monoisotopic (exact) mass is 427 g/mol. The van der Waals surface area contributed by atoms with Gasteiger partial charge >= 0.3 is 0 Å². The molecule has 3 rings (SSSR count). The number of allylic oxidation sites excluding steroid dienone is 1. The molecule has 2 aromatic carbocycles. The fourth-order valence-corrected chi connectivity index (χ4v) is 3.14. The van der Waals surface area contributed by atoms with Crippen molar-refractivity contribution in [3.63, 3.8) is 0 Å². The molecule has 0 unspecified atom stereocenters. The number of nitrogens with one attached hydrogen (secondary N) is 1. The summed E-state index contributed by atoms with van der Waals surface area (Å²) >= 11 is 0. The number of hydrogen-bond donors (Lipinski definition) is 2. The van der Waals surface area contributed by atoms with Crippen LogP contribution < -0.4 is 10.4 Å². The minimum absolute atomic E-state index is 0. The second-order valence-corrected chi connectivity index (χ2v) is 7.01. The minimum atomic E-state index is -0.596. The van der Waals surface area contributed by atoms with E-state index in [1.54, 1.807) is 23.7 Å². The topological polar surface area (TPSA) is 72.9 Å².